The van der Waals surface area contributed by atoms with Crippen LogP contribution in [-0.2, 0) is 13.1 Å². The van der Waals surface area contributed by atoms with Crippen LogP contribution in [0.1, 0.15) is 41.8 Å². The highest BCUT2D eigenvalue weighted by atomic mass is 16.2. The number of amides is 1. The highest BCUT2D eigenvalue weighted by Crippen LogP contribution is 2.22. The molecule has 2 atom stereocenters. The van der Waals surface area contributed by atoms with Crippen molar-refractivity contribution in [1.82, 2.24) is 15.2 Å². The molecule has 2 unspecified atom stereocenters. The molecule has 5 heteroatoms. The summed E-state index contributed by atoms with van der Waals surface area (Å²) in [6, 6.07) is 21.3. The van der Waals surface area contributed by atoms with Gasteiger partial charge in [0, 0.05) is 31.9 Å². The fraction of sp³-hybridized carbons (Fsp3) is 0.333. The maximum Gasteiger partial charge on any atom is 0.261 e. The summed E-state index contributed by atoms with van der Waals surface area (Å²) in [6.45, 7) is 8.31. The summed E-state index contributed by atoms with van der Waals surface area (Å²) < 4.78 is 0. The number of aromatic amines is 1. The van der Waals surface area contributed by atoms with Crippen LogP contribution in [0.2, 0.25) is 0 Å². The largest absolute Gasteiger partial charge is 0.348 e. The van der Waals surface area contributed by atoms with Gasteiger partial charge in [0.25, 0.3) is 11.5 Å². The molecule has 2 aromatic carbocycles. The van der Waals surface area contributed by atoms with E-state index in [0.717, 1.165) is 42.6 Å². The van der Waals surface area contributed by atoms with Crippen LogP contribution in [0.3, 0.4) is 0 Å². The molecule has 1 aromatic heterocycles. The number of likely N-dealkylation sites (tertiary alicyclic amines) is 1. The van der Waals surface area contributed by atoms with Crippen molar-refractivity contribution >= 4 is 5.91 Å². The molecule has 1 fully saturated rings. The summed E-state index contributed by atoms with van der Waals surface area (Å²) in [6.07, 6.45) is 1.31. The molecular weight excluding hydrogens is 398 g/mol. The van der Waals surface area contributed by atoms with Crippen molar-refractivity contribution in [2.75, 3.05) is 13.1 Å². The van der Waals surface area contributed by atoms with Gasteiger partial charge in [-0.05, 0) is 47.1 Å². The van der Waals surface area contributed by atoms with E-state index >= 15 is 0 Å². The van der Waals surface area contributed by atoms with Crippen molar-refractivity contribution in [2.24, 2.45) is 11.8 Å². The molecular formula is C27H31N3O2. The lowest BCUT2D eigenvalue weighted by atomic mass is 9.91. The van der Waals surface area contributed by atoms with Gasteiger partial charge in [-0.15, -0.1) is 0 Å². The summed E-state index contributed by atoms with van der Waals surface area (Å²) in [5.41, 5.74) is 3.64. The molecule has 0 bridgehead atoms. The van der Waals surface area contributed by atoms with E-state index < -0.39 is 0 Å². The number of nitrogens with one attached hydrogen (secondary N) is 2. The second-order valence-electron chi connectivity index (χ2n) is 9.12. The Bertz CT molecular complexity index is 1100. The number of aromatic nitrogens is 1. The van der Waals surface area contributed by atoms with Gasteiger partial charge in [-0.25, -0.2) is 0 Å². The highest BCUT2D eigenvalue weighted by Gasteiger charge is 2.21. The first-order chi connectivity index (χ1) is 15.5. The lowest BCUT2D eigenvalue weighted by Gasteiger charge is -2.35. The topological polar surface area (TPSA) is 65.2 Å². The lowest BCUT2D eigenvalue weighted by molar-refractivity contribution is 0.0949. The molecule has 1 aliphatic rings. The molecule has 0 aliphatic carbocycles. The van der Waals surface area contributed by atoms with Gasteiger partial charge in [0.15, 0.2) is 0 Å². The zero-order chi connectivity index (χ0) is 22.5. The number of hydrogen-bond acceptors (Lipinski definition) is 3. The Labute approximate surface area is 189 Å². The fourth-order valence-corrected chi connectivity index (χ4v) is 4.66. The van der Waals surface area contributed by atoms with Gasteiger partial charge >= 0.3 is 0 Å². The van der Waals surface area contributed by atoms with Gasteiger partial charge in [0.05, 0.1) is 0 Å². The smallest absolute Gasteiger partial charge is 0.261 e. The van der Waals surface area contributed by atoms with Gasteiger partial charge in [0.2, 0.25) is 0 Å². The van der Waals surface area contributed by atoms with Crippen LogP contribution in [0.5, 0.6) is 0 Å². The van der Waals surface area contributed by atoms with E-state index in [2.05, 4.69) is 53.3 Å². The second-order valence-corrected chi connectivity index (χ2v) is 9.12. The van der Waals surface area contributed by atoms with Crippen molar-refractivity contribution in [3.05, 3.63) is 93.8 Å². The highest BCUT2D eigenvalue weighted by molar-refractivity contribution is 5.94. The van der Waals surface area contributed by atoms with E-state index in [4.69, 9.17) is 0 Å². The maximum absolute atomic E-state index is 12.5. The van der Waals surface area contributed by atoms with E-state index in [1.54, 1.807) is 12.1 Å². The van der Waals surface area contributed by atoms with Crippen LogP contribution >= 0.6 is 0 Å². The predicted octanol–water partition coefficient (Wildman–Crippen LogP) is 4.45. The van der Waals surface area contributed by atoms with Crippen molar-refractivity contribution in [3.8, 4) is 11.3 Å². The minimum atomic E-state index is -0.385. The maximum atomic E-state index is 12.5. The summed E-state index contributed by atoms with van der Waals surface area (Å²) in [5, 5.41) is 2.86. The molecule has 2 N–H and O–H groups in total. The quantitative estimate of drug-likeness (QED) is 0.608. The van der Waals surface area contributed by atoms with Crippen LogP contribution in [-0.4, -0.2) is 28.9 Å². The van der Waals surface area contributed by atoms with Gasteiger partial charge in [-0.1, -0.05) is 68.4 Å². The number of nitrogens with zero attached hydrogens (tertiary/aromatic N) is 1. The van der Waals surface area contributed by atoms with E-state index in [1.165, 1.54) is 12.0 Å². The van der Waals surface area contributed by atoms with Crippen LogP contribution < -0.4 is 10.9 Å². The van der Waals surface area contributed by atoms with E-state index in [9.17, 15) is 9.59 Å². The number of H-pyrrole nitrogens is 1. The van der Waals surface area contributed by atoms with Crippen molar-refractivity contribution in [1.29, 1.82) is 0 Å². The summed E-state index contributed by atoms with van der Waals surface area (Å²) in [7, 11) is 0. The average Bonchev–Trinajstić information content (AvgIpc) is 2.78. The minimum Gasteiger partial charge on any atom is -0.348 e. The molecule has 1 aliphatic heterocycles. The summed E-state index contributed by atoms with van der Waals surface area (Å²) in [5.74, 6) is 1.13. The third-order valence-electron chi connectivity index (χ3n) is 6.07. The average molecular weight is 430 g/mol. The first-order valence-electron chi connectivity index (χ1n) is 11.3. The Morgan fingerprint density at radius 3 is 2.25 bits per heavy atom. The number of rotatable bonds is 6. The monoisotopic (exact) mass is 429 g/mol. The van der Waals surface area contributed by atoms with E-state index in [0.29, 0.717) is 12.2 Å². The lowest BCUT2D eigenvalue weighted by Crippen LogP contribution is -2.38. The Morgan fingerprint density at radius 1 is 0.938 bits per heavy atom. The minimum absolute atomic E-state index is 0.120. The van der Waals surface area contributed by atoms with Crippen molar-refractivity contribution < 1.29 is 4.79 Å². The van der Waals surface area contributed by atoms with Crippen molar-refractivity contribution in [3.63, 3.8) is 0 Å². The van der Waals surface area contributed by atoms with Gasteiger partial charge in [-0.3, -0.25) is 14.5 Å². The molecule has 5 nitrogen and oxygen atoms in total. The Kier molecular flexibility index (Phi) is 6.86. The zero-order valence-corrected chi connectivity index (χ0v) is 18.8. The molecule has 1 saturated heterocycles. The predicted molar refractivity (Wildman–Crippen MR) is 128 cm³/mol. The summed E-state index contributed by atoms with van der Waals surface area (Å²) in [4.78, 5) is 30.3. The number of pyridine rings is 1. The van der Waals surface area contributed by atoms with Gasteiger partial charge < -0.3 is 10.3 Å². The first kappa shape index (κ1) is 22.0. The summed E-state index contributed by atoms with van der Waals surface area (Å²) >= 11 is 0. The third-order valence-corrected chi connectivity index (χ3v) is 6.07. The molecule has 0 spiro atoms. The second kappa shape index (κ2) is 9.96. The normalized spacial score (nSPS) is 18.9. The molecule has 2 heterocycles. The van der Waals surface area contributed by atoms with E-state index in [-0.39, 0.29) is 17.0 Å². The molecule has 3 aromatic rings. The zero-order valence-electron chi connectivity index (χ0n) is 18.8. The molecule has 4 rings (SSSR count). The standard InChI is InChI=1S/C27H31N3O2/c1-19-14-20(2)17-30(16-19)18-22-10-8-21(9-11-22)15-28-26(31)24-12-13-25(29-27(24)32)23-6-4-3-5-7-23/h3-13,19-20H,14-18H2,1-2H3,(H,28,31)(H,29,32). The molecule has 32 heavy (non-hydrogen) atoms. The third kappa shape index (κ3) is 5.54. The van der Waals surface area contributed by atoms with Crippen LogP contribution in [0, 0.1) is 11.8 Å². The molecule has 166 valence electrons. The molecule has 0 saturated carbocycles. The molecule has 0 radical (unpaired) electrons. The Balaban J connectivity index is 1.33. The van der Waals surface area contributed by atoms with Crippen LogP contribution in [0.25, 0.3) is 11.3 Å². The van der Waals surface area contributed by atoms with Gasteiger partial charge in [-0.2, -0.15) is 0 Å². The van der Waals surface area contributed by atoms with Crippen molar-refractivity contribution in [2.45, 2.75) is 33.4 Å². The number of carbonyl (C=O) groups excluding carboxylic acids is 1. The number of piperidine rings is 1. The molecule has 1 amide bonds. The fourth-order valence-electron chi connectivity index (χ4n) is 4.66. The number of carbonyl (C=O) groups is 1. The van der Waals surface area contributed by atoms with Crippen LogP contribution in [0.4, 0.5) is 0 Å². The van der Waals surface area contributed by atoms with Gasteiger partial charge in [0.1, 0.15) is 5.56 Å². The first-order valence-corrected chi connectivity index (χ1v) is 11.3. The van der Waals surface area contributed by atoms with E-state index in [1.807, 2.05) is 30.3 Å². The van der Waals surface area contributed by atoms with Crippen LogP contribution in [0.15, 0.2) is 71.5 Å². The number of benzene rings is 2. The number of hydrogen-bond donors (Lipinski definition) is 2. The SMILES string of the molecule is CC1CC(C)CN(Cc2ccc(CNC(=O)c3ccc(-c4ccccc4)[nH]c3=O)cc2)C1. The Morgan fingerprint density at radius 2 is 1.59 bits per heavy atom. The Hall–Kier alpha value is -3.18.